The number of nitrogens with one attached hydrogen (secondary N) is 1. The number of anilines is 1. The quantitative estimate of drug-likeness (QED) is 0.672. The molecular weight excluding hydrogens is 286 g/mol. The van der Waals surface area contributed by atoms with Gasteiger partial charge in [-0.1, -0.05) is 23.7 Å². The van der Waals surface area contributed by atoms with Gasteiger partial charge in [0.1, 0.15) is 17.3 Å². The van der Waals surface area contributed by atoms with Crippen molar-refractivity contribution < 1.29 is 9.52 Å². The summed E-state index contributed by atoms with van der Waals surface area (Å²) in [6.07, 6.45) is 0. The van der Waals surface area contributed by atoms with E-state index in [1.165, 1.54) is 0 Å². The van der Waals surface area contributed by atoms with Gasteiger partial charge in [0.25, 0.3) is 0 Å². The average molecular weight is 300 g/mol. The molecule has 0 saturated heterocycles. The van der Waals surface area contributed by atoms with Crippen molar-refractivity contribution in [2.45, 2.75) is 6.54 Å². The van der Waals surface area contributed by atoms with Gasteiger partial charge in [0.2, 0.25) is 0 Å². The molecule has 21 heavy (non-hydrogen) atoms. The summed E-state index contributed by atoms with van der Waals surface area (Å²) in [4.78, 5) is 0. The molecule has 1 heterocycles. The molecule has 0 spiro atoms. The average Bonchev–Trinajstić information content (AvgIpc) is 2.96. The number of halogens is 1. The second-order valence-corrected chi connectivity index (χ2v) is 5.05. The van der Waals surface area contributed by atoms with E-state index < -0.39 is 0 Å². The third kappa shape index (κ3) is 3.20. The second kappa shape index (κ2) is 5.94. The highest BCUT2D eigenvalue weighted by atomic mass is 35.5. The van der Waals surface area contributed by atoms with Crippen molar-refractivity contribution in [2.24, 2.45) is 0 Å². The lowest BCUT2D eigenvalue weighted by molar-refractivity contribution is 0.475. The van der Waals surface area contributed by atoms with Crippen molar-refractivity contribution in [3.8, 4) is 17.1 Å². The molecule has 0 bridgehead atoms. The normalized spacial score (nSPS) is 10.5. The summed E-state index contributed by atoms with van der Waals surface area (Å²) < 4.78 is 5.80. The van der Waals surface area contributed by atoms with E-state index in [1.807, 2.05) is 48.5 Å². The summed E-state index contributed by atoms with van der Waals surface area (Å²) in [5.41, 5.74) is 1.80. The Balaban J connectivity index is 1.71. The van der Waals surface area contributed by atoms with Crippen LogP contribution in [0.4, 0.5) is 5.69 Å². The predicted molar refractivity (Wildman–Crippen MR) is 84.6 cm³/mol. The molecule has 2 N–H and O–H groups in total. The summed E-state index contributed by atoms with van der Waals surface area (Å²) in [5.74, 6) is 1.82. The van der Waals surface area contributed by atoms with E-state index in [0.29, 0.717) is 11.6 Å². The maximum atomic E-state index is 9.24. The van der Waals surface area contributed by atoms with Gasteiger partial charge in [-0.3, -0.25) is 0 Å². The highest BCUT2D eigenvalue weighted by Crippen LogP contribution is 2.29. The molecule has 0 unspecified atom stereocenters. The Hall–Kier alpha value is -2.39. The predicted octanol–water partition coefficient (Wildman–Crippen LogP) is 4.92. The number of benzene rings is 2. The van der Waals surface area contributed by atoms with Crippen LogP contribution < -0.4 is 5.32 Å². The topological polar surface area (TPSA) is 45.4 Å². The fraction of sp³-hybridized carbons (Fsp3) is 0.0588. The SMILES string of the molecule is Oc1ccc(NCc2ccc(-c3ccccc3Cl)o2)cc1. The van der Waals surface area contributed by atoms with Gasteiger partial charge in [-0.25, -0.2) is 0 Å². The van der Waals surface area contributed by atoms with E-state index in [-0.39, 0.29) is 5.75 Å². The van der Waals surface area contributed by atoms with Gasteiger partial charge >= 0.3 is 0 Å². The van der Waals surface area contributed by atoms with E-state index in [0.717, 1.165) is 22.8 Å². The standard InChI is InChI=1S/C17H14ClNO2/c18-16-4-2-1-3-15(16)17-10-9-14(21-17)11-19-12-5-7-13(20)8-6-12/h1-10,19-20H,11H2. The first-order valence-corrected chi connectivity index (χ1v) is 6.97. The van der Waals surface area contributed by atoms with Gasteiger partial charge in [0, 0.05) is 11.3 Å². The molecule has 0 aliphatic heterocycles. The summed E-state index contributed by atoms with van der Waals surface area (Å²) in [6, 6.07) is 18.3. The molecule has 106 valence electrons. The smallest absolute Gasteiger partial charge is 0.135 e. The number of phenolic OH excluding ortho intramolecular Hbond substituents is 1. The molecule has 0 radical (unpaired) electrons. The van der Waals surface area contributed by atoms with Gasteiger partial charge in [-0.05, 0) is 48.5 Å². The molecule has 3 aromatic rings. The molecule has 0 aliphatic carbocycles. The van der Waals surface area contributed by atoms with Crippen molar-refractivity contribution in [3.63, 3.8) is 0 Å². The maximum absolute atomic E-state index is 9.24. The van der Waals surface area contributed by atoms with Crippen LogP contribution in [0.15, 0.2) is 65.1 Å². The zero-order valence-corrected chi connectivity index (χ0v) is 12.0. The molecule has 2 aromatic carbocycles. The van der Waals surface area contributed by atoms with Gasteiger partial charge in [0.15, 0.2) is 0 Å². The lowest BCUT2D eigenvalue weighted by Gasteiger charge is -2.04. The van der Waals surface area contributed by atoms with E-state index >= 15 is 0 Å². The Morgan fingerprint density at radius 1 is 0.952 bits per heavy atom. The van der Waals surface area contributed by atoms with E-state index in [9.17, 15) is 5.11 Å². The van der Waals surface area contributed by atoms with Crippen molar-refractivity contribution in [1.29, 1.82) is 0 Å². The van der Waals surface area contributed by atoms with Crippen LogP contribution in [-0.4, -0.2) is 5.11 Å². The third-order valence-corrected chi connectivity index (χ3v) is 3.46. The first-order valence-electron chi connectivity index (χ1n) is 6.59. The van der Waals surface area contributed by atoms with E-state index in [2.05, 4.69) is 5.32 Å². The molecule has 0 amide bonds. The van der Waals surface area contributed by atoms with Crippen LogP contribution in [-0.2, 0) is 6.54 Å². The van der Waals surface area contributed by atoms with Gasteiger partial charge < -0.3 is 14.8 Å². The number of phenols is 1. The molecule has 0 saturated carbocycles. The second-order valence-electron chi connectivity index (χ2n) is 4.65. The fourth-order valence-electron chi connectivity index (χ4n) is 2.05. The van der Waals surface area contributed by atoms with Crippen molar-refractivity contribution in [1.82, 2.24) is 0 Å². The zero-order chi connectivity index (χ0) is 14.7. The minimum atomic E-state index is 0.250. The minimum absolute atomic E-state index is 0.250. The van der Waals surface area contributed by atoms with Crippen LogP contribution in [0.25, 0.3) is 11.3 Å². The molecule has 3 nitrogen and oxygen atoms in total. The highest BCUT2D eigenvalue weighted by Gasteiger charge is 2.07. The number of rotatable bonds is 4. The van der Waals surface area contributed by atoms with Crippen LogP contribution in [0, 0.1) is 0 Å². The van der Waals surface area contributed by atoms with Crippen LogP contribution >= 0.6 is 11.6 Å². The Labute approximate surface area is 127 Å². The van der Waals surface area contributed by atoms with Crippen molar-refractivity contribution >= 4 is 17.3 Å². The number of hydrogen-bond acceptors (Lipinski definition) is 3. The van der Waals surface area contributed by atoms with Gasteiger partial charge in [-0.15, -0.1) is 0 Å². The Morgan fingerprint density at radius 3 is 2.48 bits per heavy atom. The molecular formula is C17H14ClNO2. The van der Waals surface area contributed by atoms with Crippen molar-refractivity contribution in [2.75, 3.05) is 5.32 Å². The molecule has 4 heteroatoms. The van der Waals surface area contributed by atoms with E-state index in [1.54, 1.807) is 12.1 Å². The Kier molecular flexibility index (Phi) is 3.84. The zero-order valence-electron chi connectivity index (χ0n) is 11.2. The monoisotopic (exact) mass is 299 g/mol. The van der Waals surface area contributed by atoms with Crippen LogP contribution in [0.5, 0.6) is 5.75 Å². The first-order chi connectivity index (χ1) is 10.2. The lowest BCUT2D eigenvalue weighted by Crippen LogP contribution is -1.97. The minimum Gasteiger partial charge on any atom is -0.508 e. The summed E-state index contributed by atoms with van der Waals surface area (Å²) in [6.45, 7) is 0.565. The Bertz CT molecular complexity index is 735. The van der Waals surface area contributed by atoms with Gasteiger partial charge in [0.05, 0.1) is 11.6 Å². The molecule has 3 rings (SSSR count). The number of hydrogen-bond donors (Lipinski definition) is 2. The largest absolute Gasteiger partial charge is 0.508 e. The van der Waals surface area contributed by atoms with E-state index in [4.69, 9.17) is 16.0 Å². The van der Waals surface area contributed by atoms with Gasteiger partial charge in [-0.2, -0.15) is 0 Å². The van der Waals surface area contributed by atoms with Crippen LogP contribution in [0.2, 0.25) is 5.02 Å². The summed E-state index contributed by atoms with van der Waals surface area (Å²) in [5, 5.41) is 13.1. The molecule has 0 atom stereocenters. The third-order valence-electron chi connectivity index (χ3n) is 3.14. The molecule has 0 fully saturated rings. The highest BCUT2D eigenvalue weighted by molar-refractivity contribution is 6.33. The lowest BCUT2D eigenvalue weighted by atomic mass is 10.2. The fourth-order valence-corrected chi connectivity index (χ4v) is 2.28. The van der Waals surface area contributed by atoms with Crippen LogP contribution in [0.3, 0.4) is 0 Å². The van der Waals surface area contributed by atoms with Crippen LogP contribution in [0.1, 0.15) is 5.76 Å². The Morgan fingerprint density at radius 2 is 1.71 bits per heavy atom. The molecule has 0 aliphatic rings. The summed E-state index contributed by atoms with van der Waals surface area (Å²) in [7, 11) is 0. The van der Waals surface area contributed by atoms with Crippen molar-refractivity contribution in [3.05, 3.63) is 71.4 Å². The number of aromatic hydroxyl groups is 1. The number of furan rings is 1. The summed E-state index contributed by atoms with van der Waals surface area (Å²) >= 11 is 6.16. The molecule has 1 aromatic heterocycles. The maximum Gasteiger partial charge on any atom is 0.135 e. The first kappa shape index (κ1) is 13.6.